The Morgan fingerprint density at radius 2 is 2.15 bits per heavy atom. The minimum atomic E-state index is -1.12. The molecular weight excluding hydrogens is 285 g/mol. The molecule has 0 bridgehead atoms. The molecule has 1 saturated heterocycles. The molecule has 1 fully saturated rings. The van der Waals surface area contributed by atoms with E-state index in [0.717, 1.165) is 6.07 Å². The number of halogens is 2. The molecule has 1 heterocycles. The summed E-state index contributed by atoms with van der Waals surface area (Å²) in [6.45, 7) is 0.505. The van der Waals surface area contributed by atoms with Crippen LogP contribution < -0.4 is 0 Å². The Morgan fingerprint density at radius 1 is 1.40 bits per heavy atom. The van der Waals surface area contributed by atoms with E-state index in [9.17, 15) is 19.4 Å². The Kier molecular flexibility index (Phi) is 4.62. The molecule has 0 aromatic heterocycles. The summed E-state index contributed by atoms with van der Waals surface area (Å²) in [5.74, 6) is -0.769. The number of carbonyl (C=O) groups excluding carboxylic acids is 1. The molecule has 1 aromatic rings. The molecule has 1 aliphatic heterocycles. The Morgan fingerprint density at radius 3 is 2.80 bits per heavy atom. The molecule has 4 nitrogen and oxygen atoms in total. The topological polar surface area (TPSA) is 60.8 Å². The van der Waals surface area contributed by atoms with Gasteiger partial charge in [-0.2, -0.15) is 0 Å². The molecule has 0 radical (unpaired) electrons. The predicted octanol–water partition coefficient (Wildman–Crippen LogP) is 1.83. The van der Waals surface area contributed by atoms with Gasteiger partial charge < -0.3 is 15.1 Å². The van der Waals surface area contributed by atoms with Crippen molar-refractivity contribution < 1.29 is 19.4 Å². The van der Waals surface area contributed by atoms with Crippen molar-refractivity contribution in [2.75, 3.05) is 19.7 Å². The molecule has 0 aliphatic carbocycles. The Balaban J connectivity index is 2.13. The van der Waals surface area contributed by atoms with Crippen molar-refractivity contribution in [3.63, 3.8) is 0 Å². The lowest BCUT2D eigenvalue weighted by atomic mass is 9.96. The normalized spacial score (nSPS) is 23.5. The smallest absolute Gasteiger partial charge is 0.255 e. The van der Waals surface area contributed by atoms with Gasteiger partial charge in [-0.1, -0.05) is 11.6 Å². The molecule has 1 aromatic carbocycles. The number of hydrogen-bond acceptors (Lipinski definition) is 3. The third kappa shape index (κ3) is 3.29. The first-order valence-corrected chi connectivity index (χ1v) is 6.90. The van der Waals surface area contributed by atoms with E-state index in [1.165, 1.54) is 12.1 Å². The lowest BCUT2D eigenvalue weighted by Crippen LogP contribution is -2.36. The third-order valence-corrected chi connectivity index (χ3v) is 3.97. The number of aliphatic hydroxyl groups excluding tert-OH is 1. The SMILES string of the molecule is O=C(c1ccc(F)cc1Cl)N1CCCC(O)(CO)CC1. The molecule has 6 heteroatoms. The van der Waals surface area contributed by atoms with E-state index in [0.29, 0.717) is 32.4 Å². The van der Waals surface area contributed by atoms with Crippen LogP contribution in [-0.2, 0) is 0 Å². The molecule has 110 valence electrons. The van der Waals surface area contributed by atoms with Gasteiger partial charge in [0.15, 0.2) is 0 Å². The predicted molar refractivity (Wildman–Crippen MR) is 73.2 cm³/mol. The van der Waals surface area contributed by atoms with Gasteiger partial charge in [-0.3, -0.25) is 4.79 Å². The summed E-state index contributed by atoms with van der Waals surface area (Å²) >= 11 is 5.89. The van der Waals surface area contributed by atoms with Crippen LogP contribution in [0.3, 0.4) is 0 Å². The van der Waals surface area contributed by atoms with Crippen LogP contribution in [-0.4, -0.2) is 46.3 Å². The standard InChI is InChI=1S/C14H17ClFNO3/c15-12-8-10(16)2-3-11(12)13(19)17-6-1-4-14(20,9-18)5-7-17/h2-3,8,18,20H,1,4-7,9H2. The molecule has 0 saturated carbocycles. The molecule has 1 atom stereocenters. The fraction of sp³-hybridized carbons (Fsp3) is 0.500. The van der Waals surface area contributed by atoms with E-state index in [4.69, 9.17) is 11.6 Å². The van der Waals surface area contributed by atoms with Crippen LogP contribution >= 0.6 is 11.6 Å². The molecule has 20 heavy (non-hydrogen) atoms. The van der Waals surface area contributed by atoms with Crippen molar-refractivity contribution in [2.45, 2.75) is 24.9 Å². The summed E-state index contributed by atoms with van der Waals surface area (Å²) in [7, 11) is 0. The monoisotopic (exact) mass is 301 g/mol. The first kappa shape index (κ1) is 15.2. The molecular formula is C14H17ClFNO3. The van der Waals surface area contributed by atoms with Crippen LogP contribution in [0.25, 0.3) is 0 Å². The van der Waals surface area contributed by atoms with Crippen LogP contribution in [0.1, 0.15) is 29.6 Å². The van der Waals surface area contributed by atoms with Gasteiger partial charge in [0, 0.05) is 13.1 Å². The second-order valence-corrected chi connectivity index (χ2v) is 5.56. The number of carbonyl (C=O) groups is 1. The summed E-state index contributed by atoms with van der Waals surface area (Å²) < 4.78 is 13.0. The van der Waals surface area contributed by atoms with Gasteiger partial charge in [0.2, 0.25) is 0 Å². The van der Waals surface area contributed by atoms with Gasteiger partial charge in [-0.05, 0) is 37.5 Å². The quantitative estimate of drug-likeness (QED) is 0.876. The fourth-order valence-electron chi connectivity index (χ4n) is 2.37. The minimum absolute atomic E-state index is 0.0802. The maximum atomic E-state index is 13.0. The number of nitrogens with zero attached hydrogens (tertiary/aromatic N) is 1. The maximum absolute atomic E-state index is 13.0. The van der Waals surface area contributed by atoms with E-state index < -0.39 is 11.4 Å². The first-order chi connectivity index (χ1) is 9.45. The first-order valence-electron chi connectivity index (χ1n) is 6.53. The highest BCUT2D eigenvalue weighted by molar-refractivity contribution is 6.33. The number of hydrogen-bond donors (Lipinski definition) is 2. The van der Waals surface area contributed by atoms with Gasteiger partial charge in [0.1, 0.15) is 5.82 Å². The minimum Gasteiger partial charge on any atom is -0.393 e. The number of rotatable bonds is 2. The molecule has 2 N–H and O–H groups in total. The molecule has 1 amide bonds. The van der Waals surface area contributed by atoms with E-state index in [2.05, 4.69) is 0 Å². The van der Waals surface area contributed by atoms with Crippen molar-refractivity contribution in [2.24, 2.45) is 0 Å². The lowest BCUT2D eigenvalue weighted by molar-refractivity contribution is -0.0250. The average Bonchev–Trinajstić information content (AvgIpc) is 2.61. The summed E-state index contributed by atoms with van der Waals surface area (Å²) in [6.07, 6.45) is 1.36. The lowest BCUT2D eigenvalue weighted by Gasteiger charge is -2.24. The highest BCUT2D eigenvalue weighted by Gasteiger charge is 2.31. The largest absolute Gasteiger partial charge is 0.393 e. The van der Waals surface area contributed by atoms with Crippen molar-refractivity contribution in [1.29, 1.82) is 0 Å². The number of likely N-dealkylation sites (tertiary alicyclic amines) is 1. The van der Waals surface area contributed by atoms with Crippen LogP contribution in [0, 0.1) is 5.82 Å². The van der Waals surface area contributed by atoms with Crippen LogP contribution in [0.15, 0.2) is 18.2 Å². The Bertz CT molecular complexity index is 511. The van der Waals surface area contributed by atoms with E-state index in [-0.39, 0.29) is 23.1 Å². The zero-order valence-corrected chi connectivity index (χ0v) is 11.7. The molecule has 1 aliphatic rings. The fourth-order valence-corrected chi connectivity index (χ4v) is 2.62. The van der Waals surface area contributed by atoms with Crippen molar-refractivity contribution in [3.8, 4) is 0 Å². The van der Waals surface area contributed by atoms with Crippen molar-refractivity contribution >= 4 is 17.5 Å². The average molecular weight is 302 g/mol. The van der Waals surface area contributed by atoms with Crippen LogP contribution in [0.4, 0.5) is 4.39 Å². The van der Waals surface area contributed by atoms with Gasteiger partial charge in [-0.25, -0.2) is 4.39 Å². The zero-order chi connectivity index (χ0) is 14.8. The van der Waals surface area contributed by atoms with E-state index in [1.807, 2.05) is 0 Å². The molecule has 0 spiro atoms. The second kappa shape index (κ2) is 6.08. The number of benzene rings is 1. The molecule has 1 unspecified atom stereocenters. The summed E-state index contributed by atoms with van der Waals surface area (Å²) in [5, 5.41) is 19.3. The molecule has 2 rings (SSSR count). The summed E-state index contributed by atoms with van der Waals surface area (Å²) in [5.41, 5.74) is -0.871. The highest BCUT2D eigenvalue weighted by Crippen LogP contribution is 2.24. The maximum Gasteiger partial charge on any atom is 0.255 e. The van der Waals surface area contributed by atoms with E-state index in [1.54, 1.807) is 4.90 Å². The number of aliphatic hydroxyl groups is 2. The zero-order valence-electron chi connectivity index (χ0n) is 11.0. The highest BCUT2D eigenvalue weighted by atomic mass is 35.5. The summed E-state index contributed by atoms with van der Waals surface area (Å²) in [6, 6.07) is 3.67. The van der Waals surface area contributed by atoms with Crippen LogP contribution in [0.2, 0.25) is 5.02 Å². The van der Waals surface area contributed by atoms with Gasteiger partial charge >= 0.3 is 0 Å². The second-order valence-electron chi connectivity index (χ2n) is 5.15. The van der Waals surface area contributed by atoms with E-state index >= 15 is 0 Å². The van der Waals surface area contributed by atoms with Crippen LogP contribution in [0.5, 0.6) is 0 Å². The Labute approximate surface area is 121 Å². The third-order valence-electron chi connectivity index (χ3n) is 3.66. The van der Waals surface area contributed by atoms with Gasteiger partial charge in [-0.15, -0.1) is 0 Å². The van der Waals surface area contributed by atoms with Crippen molar-refractivity contribution in [1.82, 2.24) is 4.90 Å². The van der Waals surface area contributed by atoms with Crippen molar-refractivity contribution in [3.05, 3.63) is 34.6 Å². The summed E-state index contributed by atoms with van der Waals surface area (Å²) in [4.78, 5) is 13.9. The Hall–Kier alpha value is -1.17. The van der Waals surface area contributed by atoms with Gasteiger partial charge in [0.05, 0.1) is 22.8 Å². The number of amides is 1. The van der Waals surface area contributed by atoms with Gasteiger partial charge in [0.25, 0.3) is 5.91 Å².